The van der Waals surface area contributed by atoms with Crippen molar-refractivity contribution in [1.82, 2.24) is 15.3 Å². The molecule has 4 heteroatoms. The largest absolute Gasteiger partial charge is 0.355 e. The lowest BCUT2D eigenvalue weighted by molar-refractivity contribution is 0.373. The van der Waals surface area contributed by atoms with Gasteiger partial charge in [0.2, 0.25) is 0 Å². The number of nitrogens with one attached hydrogen (secondary N) is 1. The lowest BCUT2D eigenvalue weighted by Crippen LogP contribution is -2.38. The van der Waals surface area contributed by atoms with Gasteiger partial charge in [-0.3, -0.25) is 4.98 Å². The molecule has 86 valence electrons. The summed E-state index contributed by atoms with van der Waals surface area (Å²) in [5, 5.41) is 3.41. The van der Waals surface area contributed by atoms with E-state index in [0.29, 0.717) is 6.04 Å². The van der Waals surface area contributed by atoms with Gasteiger partial charge in [0.25, 0.3) is 0 Å². The second kappa shape index (κ2) is 4.37. The van der Waals surface area contributed by atoms with Crippen LogP contribution in [0.2, 0.25) is 0 Å². The van der Waals surface area contributed by atoms with Crippen LogP contribution in [0.15, 0.2) is 12.4 Å². The number of piperidine rings is 1. The third-order valence-electron chi connectivity index (χ3n) is 3.52. The van der Waals surface area contributed by atoms with Crippen LogP contribution < -0.4 is 10.2 Å². The van der Waals surface area contributed by atoms with Crippen molar-refractivity contribution in [2.24, 2.45) is 0 Å². The van der Waals surface area contributed by atoms with Gasteiger partial charge in [0.05, 0.1) is 11.7 Å². The van der Waals surface area contributed by atoms with Crippen molar-refractivity contribution >= 4 is 5.82 Å². The number of nitrogens with zero attached hydrogens (tertiary/aromatic N) is 3. The first-order valence-electron chi connectivity index (χ1n) is 6.24. The van der Waals surface area contributed by atoms with Crippen LogP contribution in [0.1, 0.15) is 37.4 Å². The maximum Gasteiger partial charge on any atom is 0.151 e. The number of hydrogen-bond acceptors (Lipinski definition) is 4. The van der Waals surface area contributed by atoms with Gasteiger partial charge in [-0.05, 0) is 32.2 Å². The van der Waals surface area contributed by atoms with Crippen molar-refractivity contribution in [3.63, 3.8) is 0 Å². The molecule has 2 aliphatic rings. The van der Waals surface area contributed by atoms with E-state index in [2.05, 4.69) is 20.2 Å². The van der Waals surface area contributed by atoms with Gasteiger partial charge in [0.1, 0.15) is 0 Å². The van der Waals surface area contributed by atoms with Crippen LogP contribution in [-0.4, -0.2) is 29.6 Å². The summed E-state index contributed by atoms with van der Waals surface area (Å²) < 4.78 is 0. The quantitative estimate of drug-likeness (QED) is 0.816. The van der Waals surface area contributed by atoms with Crippen LogP contribution in [0.4, 0.5) is 5.82 Å². The molecule has 0 saturated carbocycles. The smallest absolute Gasteiger partial charge is 0.151 e. The first-order chi connectivity index (χ1) is 7.95. The third kappa shape index (κ3) is 1.78. The van der Waals surface area contributed by atoms with Crippen molar-refractivity contribution in [2.75, 3.05) is 24.5 Å². The minimum absolute atomic E-state index is 0.436. The molecule has 1 atom stereocenters. The van der Waals surface area contributed by atoms with Gasteiger partial charge < -0.3 is 10.2 Å². The Labute approximate surface area is 96.1 Å². The van der Waals surface area contributed by atoms with Crippen LogP contribution in [0.3, 0.4) is 0 Å². The normalized spacial score (nSPS) is 25.2. The van der Waals surface area contributed by atoms with E-state index < -0.39 is 0 Å². The molecule has 0 aliphatic carbocycles. The number of hydrogen-bond donors (Lipinski definition) is 1. The van der Waals surface area contributed by atoms with Crippen molar-refractivity contribution < 1.29 is 0 Å². The van der Waals surface area contributed by atoms with E-state index in [4.69, 9.17) is 0 Å². The Hall–Kier alpha value is -1.16. The zero-order chi connectivity index (χ0) is 10.8. The predicted octanol–water partition coefficient (Wildman–Crippen LogP) is 1.50. The molecular formula is C12H18N4. The molecule has 0 aromatic carbocycles. The highest BCUT2D eigenvalue weighted by Gasteiger charge is 2.26. The van der Waals surface area contributed by atoms with Gasteiger partial charge in [-0.15, -0.1) is 0 Å². The second-order valence-electron chi connectivity index (χ2n) is 4.61. The van der Waals surface area contributed by atoms with Crippen LogP contribution >= 0.6 is 0 Å². The predicted molar refractivity (Wildman–Crippen MR) is 63.5 cm³/mol. The van der Waals surface area contributed by atoms with Crippen LogP contribution in [-0.2, 0) is 0 Å². The topological polar surface area (TPSA) is 41.1 Å². The number of rotatable bonds is 2. The monoisotopic (exact) mass is 218 g/mol. The summed E-state index contributed by atoms with van der Waals surface area (Å²) in [6.45, 7) is 3.39. The van der Waals surface area contributed by atoms with E-state index in [0.717, 1.165) is 31.1 Å². The van der Waals surface area contributed by atoms with E-state index >= 15 is 0 Å². The van der Waals surface area contributed by atoms with Crippen molar-refractivity contribution in [2.45, 2.75) is 31.7 Å². The highest BCUT2D eigenvalue weighted by molar-refractivity contribution is 5.45. The lowest BCUT2D eigenvalue weighted by atomic mass is 10.0. The zero-order valence-electron chi connectivity index (χ0n) is 9.52. The van der Waals surface area contributed by atoms with Crippen LogP contribution in [0.25, 0.3) is 0 Å². The first kappa shape index (κ1) is 10.0. The summed E-state index contributed by atoms with van der Waals surface area (Å²) in [6.07, 6.45) is 8.74. The molecule has 2 saturated heterocycles. The Morgan fingerprint density at radius 1 is 1.12 bits per heavy atom. The second-order valence-corrected chi connectivity index (χ2v) is 4.61. The van der Waals surface area contributed by atoms with Crippen molar-refractivity contribution in [3.05, 3.63) is 18.1 Å². The Kier molecular flexibility index (Phi) is 2.74. The summed E-state index contributed by atoms with van der Waals surface area (Å²) in [5.41, 5.74) is 1.15. The van der Waals surface area contributed by atoms with Crippen LogP contribution in [0, 0.1) is 0 Å². The molecule has 0 amide bonds. The van der Waals surface area contributed by atoms with Gasteiger partial charge in [-0.25, -0.2) is 4.98 Å². The van der Waals surface area contributed by atoms with E-state index in [1.54, 1.807) is 0 Å². The van der Waals surface area contributed by atoms with E-state index in [1.165, 1.54) is 25.7 Å². The molecule has 1 aromatic rings. The van der Waals surface area contributed by atoms with Gasteiger partial charge in [0, 0.05) is 25.5 Å². The minimum atomic E-state index is 0.436. The highest BCUT2D eigenvalue weighted by atomic mass is 15.2. The Balaban J connectivity index is 1.86. The summed E-state index contributed by atoms with van der Waals surface area (Å²) >= 11 is 0. The highest BCUT2D eigenvalue weighted by Crippen LogP contribution is 2.29. The van der Waals surface area contributed by atoms with Crippen molar-refractivity contribution in [1.29, 1.82) is 0 Å². The average Bonchev–Trinajstić information content (AvgIpc) is 2.29. The Morgan fingerprint density at radius 2 is 1.88 bits per heavy atom. The van der Waals surface area contributed by atoms with Gasteiger partial charge in [-0.2, -0.15) is 0 Å². The molecule has 2 fully saturated rings. The van der Waals surface area contributed by atoms with Gasteiger partial charge in [0.15, 0.2) is 5.82 Å². The summed E-state index contributed by atoms with van der Waals surface area (Å²) in [7, 11) is 0. The standard InChI is InChI=1S/C12H18N4/c1-2-8-16(9-3-1)12-11(10-4-5-13-10)14-6-7-15-12/h6-7,10,13H,1-5,8-9H2. The van der Waals surface area contributed by atoms with Crippen LogP contribution in [0.5, 0.6) is 0 Å². The van der Waals surface area contributed by atoms with Crippen molar-refractivity contribution in [3.8, 4) is 0 Å². The molecule has 1 unspecified atom stereocenters. The number of anilines is 1. The molecule has 0 spiro atoms. The molecule has 1 aromatic heterocycles. The fourth-order valence-corrected chi connectivity index (χ4v) is 2.46. The average molecular weight is 218 g/mol. The van der Waals surface area contributed by atoms with E-state index in [9.17, 15) is 0 Å². The maximum atomic E-state index is 4.53. The zero-order valence-corrected chi connectivity index (χ0v) is 9.52. The number of aromatic nitrogens is 2. The van der Waals surface area contributed by atoms with Gasteiger partial charge in [-0.1, -0.05) is 0 Å². The molecule has 16 heavy (non-hydrogen) atoms. The SMILES string of the molecule is c1cnc(N2CCCCC2)c(C2CCN2)n1. The third-order valence-corrected chi connectivity index (χ3v) is 3.52. The fraction of sp³-hybridized carbons (Fsp3) is 0.667. The molecule has 3 rings (SSSR count). The molecule has 0 bridgehead atoms. The van der Waals surface area contributed by atoms with E-state index in [-0.39, 0.29) is 0 Å². The molecule has 3 heterocycles. The molecule has 0 radical (unpaired) electrons. The maximum absolute atomic E-state index is 4.53. The molecule has 4 nitrogen and oxygen atoms in total. The molecule has 1 N–H and O–H groups in total. The minimum Gasteiger partial charge on any atom is -0.355 e. The van der Waals surface area contributed by atoms with Gasteiger partial charge >= 0.3 is 0 Å². The molecular weight excluding hydrogens is 200 g/mol. The summed E-state index contributed by atoms with van der Waals surface area (Å²) in [5.74, 6) is 1.11. The first-order valence-corrected chi connectivity index (χ1v) is 6.24. The Morgan fingerprint density at radius 3 is 2.56 bits per heavy atom. The molecule has 2 aliphatic heterocycles. The fourth-order valence-electron chi connectivity index (χ4n) is 2.46. The summed E-state index contributed by atoms with van der Waals surface area (Å²) in [6, 6.07) is 0.436. The summed E-state index contributed by atoms with van der Waals surface area (Å²) in [4.78, 5) is 11.4. The van der Waals surface area contributed by atoms with E-state index in [1.807, 2.05) is 12.4 Å². The lowest BCUT2D eigenvalue weighted by Gasteiger charge is -2.33. The Bertz CT molecular complexity index is 356.